The lowest BCUT2D eigenvalue weighted by Gasteiger charge is -2.35. The maximum Gasteiger partial charge on any atom is 0.407 e. The van der Waals surface area contributed by atoms with Crippen LogP contribution in [0, 0.1) is 11.7 Å². The number of halogens is 1. The van der Waals surface area contributed by atoms with Crippen molar-refractivity contribution < 1.29 is 42.5 Å². The summed E-state index contributed by atoms with van der Waals surface area (Å²) in [4.78, 5) is 77.0. The van der Waals surface area contributed by atoms with Gasteiger partial charge in [0.25, 0.3) is 0 Å². The van der Waals surface area contributed by atoms with Gasteiger partial charge in [0.1, 0.15) is 35.8 Å². The number of fused-ring (bicyclic) bond motifs is 5. The molecular formula is C49H57FN10O8SSi. The van der Waals surface area contributed by atoms with Gasteiger partial charge in [0.2, 0.25) is 18.0 Å². The van der Waals surface area contributed by atoms with E-state index in [0.717, 1.165) is 51.3 Å². The predicted octanol–water partition coefficient (Wildman–Crippen LogP) is 7.88. The Morgan fingerprint density at radius 1 is 0.929 bits per heavy atom. The minimum Gasteiger partial charge on any atom is -0.464 e. The molecule has 0 spiro atoms. The van der Waals surface area contributed by atoms with Crippen LogP contribution in [-0.4, -0.2) is 124 Å². The first-order valence-electron chi connectivity index (χ1n) is 23.8. The summed E-state index contributed by atoms with van der Waals surface area (Å²) in [6.07, 6.45) is 8.81. The number of carbonyl (C=O) groups is 4. The molecule has 18 nitrogen and oxygen atoms in total. The molecule has 1 unspecified atom stereocenters. The van der Waals surface area contributed by atoms with E-state index >= 15 is 4.39 Å². The number of rotatable bonds is 14. The summed E-state index contributed by atoms with van der Waals surface area (Å²) < 4.78 is 40.9. The summed E-state index contributed by atoms with van der Waals surface area (Å²) >= 11 is 1.62. The van der Waals surface area contributed by atoms with Crippen molar-refractivity contribution in [3.8, 4) is 39.5 Å². The van der Waals surface area contributed by atoms with Crippen LogP contribution in [-0.2, 0) is 30.3 Å². The molecule has 4 N–H and O–H groups in total. The van der Waals surface area contributed by atoms with Crippen molar-refractivity contribution in [3.05, 3.63) is 82.3 Å². The monoisotopic (exact) mass is 992 g/mol. The molecule has 3 aliphatic heterocycles. The number of aromatic amines is 2. The van der Waals surface area contributed by atoms with E-state index < -0.39 is 38.3 Å². The maximum absolute atomic E-state index is 16.9. The number of carbonyl (C=O) groups excluding carboxylic acids is 4. The van der Waals surface area contributed by atoms with E-state index in [1.165, 1.54) is 20.3 Å². The first-order chi connectivity index (χ1) is 33.7. The second-order valence-electron chi connectivity index (χ2n) is 19.7. The number of H-pyrrole nitrogens is 2. The minimum atomic E-state index is -1.85. The molecule has 0 bridgehead atoms. The third kappa shape index (κ3) is 9.65. The van der Waals surface area contributed by atoms with Gasteiger partial charge < -0.3 is 49.3 Å². The third-order valence-electron chi connectivity index (χ3n) is 13.4. The van der Waals surface area contributed by atoms with Crippen LogP contribution in [0.25, 0.3) is 44.7 Å². The fourth-order valence-corrected chi connectivity index (χ4v) is 12.4. The highest BCUT2D eigenvalue weighted by Crippen LogP contribution is 2.50. The van der Waals surface area contributed by atoms with E-state index in [1.807, 2.05) is 46.0 Å². The molecule has 3 fully saturated rings. The first-order valence-corrected chi connectivity index (χ1v) is 28.3. The van der Waals surface area contributed by atoms with Crippen LogP contribution in [0.3, 0.4) is 0 Å². The molecule has 4 aliphatic rings. The average Bonchev–Trinajstić information content (AvgIpc) is 3.94. The van der Waals surface area contributed by atoms with Crippen molar-refractivity contribution in [1.29, 1.82) is 0 Å². The Bertz CT molecular complexity index is 2950. The third-order valence-corrected chi connectivity index (χ3v) is 15.9. The standard InChI is InChI=1S/C49H57FN10O8SSi/c1-65-48(63)54-24-41(61)59-14-6-7-36(59)44-52-22-34(56-44)30-18-32(50)42-37-19-31-17-29(10-11-35(31)60(37)47(68-38(42)20-30)39-23-53-45(69-39)28-8-9-28)33-21-51-40(55-33)25-58(26-70(3,4)5)46(62)43(57-49(64)66-2)27-12-15-67-16-13-27/h10-11,17-23,27-28,36,43,47H,6-9,12-16,24-26H2,1-5H3,(H,51,55)(H,52,56)(H,54,63)(H,57,64)/t36-,43?,47-/m0/s1. The maximum atomic E-state index is 16.9. The molecule has 368 valence electrons. The van der Waals surface area contributed by atoms with Crippen molar-refractivity contribution in [2.45, 2.75) is 88.9 Å². The van der Waals surface area contributed by atoms with E-state index in [9.17, 15) is 19.2 Å². The number of benzene rings is 2. The molecule has 4 aromatic heterocycles. The van der Waals surface area contributed by atoms with E-state index in [0.29, 0.717) is 91.0 Å². The number of thiazole rings is 1. The lowest BCUT2D eigenvalue weighted by atomic mass is 9.91. The summed E-state index contributed by atoms with van der Waals surface area (Å²) in [5.41, 5.74) is 4.52. The molecular weight excluding hydrogens is 936 g/mol. The zero-order valence-corrected chi connectivity index (χ0v) is 41.6. The Hall–Kier alpha value is -6.58. The fourth-order valence-electron chi connectivity index (χ4n) is 9.91. The number of likely N-dealkylation sites (tertiary alicyclic amines) is 1. The van der Waals surface area contributed by atoms with Gasteiger partial charge in [-0.3, -0.25) is 14.2 Å². The normalized spacial score (nSPS) is 18.5. The Labute approximate surface area is 408 Å². The van der Waals surface area contributed by atoms with Gasteiger partial charge in [0.15, 0.2) is 0 Å². The lowest BCUT2D eigenvalue weighted by Crippen LogP contribution is -2.55. The van der Waals surface area contributed by atoms with Gasteiger partial charge in [0.05, 0.1) is 85.3 Å². The summed E-state index contributed by atoms with van der Waals surface area (Å²) in [6, 6.07) is 10.2. The van der Waals surface area contributed by atoms with Gasteiger partial charge in [-0.25, -0.2) is 28.9 Å². The van der Waals surface area contributed by atoms with Crippen molar-refractivity contribution in [3.63, 3.8) is 0 Å². The minimum absolute atomic E-state index is 0.0941. The molecule has 2 saturated heterocycles. The van der Waals surface area contributed by atoms with E-state index in [-0.39, 0.29) is 36.9 Å². The number of hydrogen-bond acceptors (Lipinski definition) is 12. The quantitative estimate of drug-likeness (QED) is 0.0772. The Morgan fingerprint density at radius 3 is 2.46 bits per heavy atom. The number of ether oxygens (including phenoxy) is 4. The first kappa shape index (κ1) is 47.1. The highest BCUT2D eigenvalue weighted by molar-refractivity contribution is 7.11. The van der Waals surface area contributed by atoms with Crippen molar-refractivity contribution in [2.75, 3.05) is 46.7 Å². The number of imidazole rings is 2. The van der Waals surface area contributed by atoms with Crippen LogP contribution in [0.1, 0.15) is 78.2 Å². The van der Waals surface area contributed by atoms with Gasteiger partial charge in [-0.2, -0.15) is 0 Å². The van der Waals surface area contributed by atoms with Crippen LogP contribution in [0.15, 0.2) is 55.0 Å². The van der Waals surface area contributed by atoms with Crippen molar-refractivity contribution >= 4 is 54.3 Å². The molecule has 1 saturated carbocycles. The average molecular weight is 993 g/mol. The molecule has 7 heterocycles. The summed E-state index contributed by atoms with van der Waals surface area (Å²) in [5.74, 6) is 0.983. The molecule has 10 rings (SSSR count). The zero-order valence-electron chi connectivity index (χ0n) is 39.8. The molecule has 0 radical (unpaired) electrons. The van der Waals surface area contributed by atoms with Crippen molar-refractivity contribution in [2.24, 2.45) is 5.92 Å². The Kier molecular flexibility index (Phi) is 13.0. The highest BCUT2D eigenvalue weighted by atomic mass is 32.1. The number of hydrogen-bond donors (Lipinski definition) is 4. The SMILES string of the molecule is COC(=O)NCC(=O)N1CCC[C@H]1c1ncc(-c2cc(F)c3c(c2)O[C@@H](c2cnc(C4CC4)s2)n2c-3cc3cc(-c4cnc(CN(C[Si](C)(C)C)C(=O)C(NC(=O)OC)C5CCOCC5)[nH]4)ccc32)[nH]1. The summed E-state index contributed by atoms with van der Waals surface area (Å²) in [5, 5.41) is 7.22. The van der Waals surface area contributed by atoms with Gasteiger partial charge in [-0.15, -0.1) is 11.3 Å². The fraction of sp³-hybridized carbons (Fsp3) is 0.449. The largest absolute Gasteiger partial charge is 0.464 e. The Balaban J connectivity index is 0.952. The molecule has 2 aromatic carbocycles. The van der Waals surface area contributed by atoms with Crippen LogP contribution in [0.4, 0.5) is 14.0 Å². The number of amides is 4. The molecule has 21 heteroatoms. The summed E-state index contributed by atoms with van der Waals surface area (Å²) in [6.45, 7) is 8.18. The molecule has 6 aromatic rings. The number of nitrogens with zero attached hydrogens (tertiary/aromatic N) is 6. The smallest absolute Gasteiger partial charge is 0.407 e. The van der Waals surface area contributed by atoms with Gasteiger partial charge in [-0.1, -0.05) is 25.7 Å². The highest BCUT2D eigenvalue weighted by Gasteiger charge is 2.38. The van der Waals surface area contributed by atoms with Crippen LogP contribution >= 0.6 is 11.3 Å². The molecule has 1 aliphatic carbocycles. The zero-order chi connectivity index (χ0) is 48.8. The van der Waals surface area contributed by atoms with Crippen LogP contribution in [0.2, 0.25) is 19.6 Å². The number of methoxy groups -OCH3 is 2. The molecule has 3 atom stereocenters. The topological polar surface area (TPSA) is 211 Å². The molecule has 70 heavy (non-hydrogen) atoms. The van der Waals surface area contributed by atoms with E-state index in [4.69, 9.17) is 24.2 Å². The lowest BCUT2D eigenvalue weighted by molar-refractivity contribution is -0.135. The number of alkyl carbamates (subject to hydrolysis) is 2. The molecule has 4 amide bonds. The number of nitrogens with one attached hydrogen (secondary N) is 4. The second-order valence-corrected chi connectivity index (χ2v) is 26.2. The van der Waals surface area contributed by atoms with Gasteiger partial charge in [-0.05, 0) is 74.8 Å². The predicted molar refractivity (Wildman–Crippen MR) is 261 cm³/mol. The van der Waals surface area contributed by atoms with E-state index in [1.54, 1.807) is 28.6 Å². The van der Waals surface area contributed by atoms with Crippen LogP contribution in [0.5, 0.6) is 5.75 Å². The van der Waals surface area contributed by atoms with Gasteiger partial charge >= 0.3 is 12.2 Å². The number of aromatic nitrogens is 6. The van der Waals surface area contributed by atoms with E-state index in [2.05, 4.69) is 50.0 Å². The van der Waals surface area contributed by atoms with Crippen LogP contribution < -0.4 is 15.4 Å². The van der Waals surface area contributed by atoms with Gasteiger partial charge in [0, 0.05) is 54.6 Å². The second kappa shape index (κ2) is 19.3. The Morgan fingerprint density at radius 2 is 1.70 bits per heavy atom. The summed E-state index contributed by atoms with van der Waals surface area (Å²) in [7, 11) is 0.691. The van der Waals surface area contributed by atoms with Crippen molar-refractivity contribution in [1.82, 2.24) is 49.9 Å².